The van der Waals surface area contributed by atoms with E-state index in [0.29, 0.717) is 29.7 Å². The van der Waals surface area contributed by atoms with Crippen LogP contribution in [0.3, 0.4) is 0 Å². The first-order valence-electron chi connectivity index (χ1n) is 8.65. The predicted molar refractivity (Wildman–Crippen MR) is 97.9 cm³/mol. The van der Waals surface area contributed by atoms with E-state index in [4.69, 9.17) is 27.9 Å². The summed E-state index contributed by atoms with van der Waals surface area (Å²) < 4.78 is 5.10. The van der Waals surface area contributed by atoms with E-state index in [-0.39, 0.29) is 23.8 Å². The molecule has 2 N–H and O–H groups in total. The van der Waals surface area contributed by atoms with E-state index in [1.807, 2.05) is 19.9 Å². The fourth-order valence-electron chi connectivity index (χ4n) is 3.22. The van der Waals surface area contributed by atoms with Gasteiger partial charge >= 0.3 is 5.97 Å². The average molecular weight is 388 g/mol. The third kappa shape index (κ3) is 5.87. The molecule has 0 aliphatic carbocycles. The van der Waals surface area contributed by atoms with Crippen LogP contribution in [-0.2, 0) is 14.3 Å². The molecule has 1 heterocycles. The highest BCUT2D eigenvalue weighted by Gasteiger charge is 2.31. The minimum absolute atomic E-state index is 0.0574. The van der Waals surface area contributed by atoms with Crippen molar-refractivity contribution in [2.45, 2.75) is 32.7 Å². The van der Waals surface area contributed by atoms with Crippen molar-refractivity contribution < 1.29 is 19.2 Å². The normalized spacial score (nSPS) is 21.4. The van der Waals surface area contributed by atoms with Gasteiger partial charge < -0.3 is 15.0 Å². The SMILES string of the molecule is CCOC(=O)[C@H]1CCC[NH+](CC(=O)N[C@@H](C)c2ccc(Cl)cc2Cl)C1. The fourth-order valence-corrected chi connectivity index (χ4v) is 3.80. The number of esters is 1. The van der Waals surface area contributed by atoms with Gasteiger partial charge in [-0.2, -0.15) is 0 Å². The maximum absolute atomic E-state index is 12.4. The molecule has 1 aromatic carbocycles. The maximum atomic E-state index is 12.4. The smallest absolute Gasteiger partial charge is 0.314 e. The first kappa shape index (κ1) is 20.0. The van der Waals surface area contributed by atoms with Crippen LogP contribution in [0.1, 0.15) is 38.3 Å². The van der Waals surface area contributed by atoms with Crippen LogP contribution in [0, 0.1) is 5.92 Å². The molecular weight excluding hydrogens is 363 g/mol. The minimum atomic E-state index is -0.206. The molecule has 0 aromatic heterocycles. The zero-order valence-electron chi connectivity index (χ0n) is 14.6. The number of quaternary nitrogens is 1. The van der Waals surface area contributed by atoms with Gasteiger partial charge in [0.05, 0.1) is 25.7 Å². The number of likely N-dealkylation sites (tertiary alicyclic amines) is 1. The maximum Gasteiger partial charge on any atom is 0.314 e. The number of hydrogen-bond acceptors (Lipinski definition) is 3. The average Bonchev–Trinajstić information content (AvgIpc) is 2.55. The van der Waals surface area contributed by atoms with Crippen LogP contribution in [0.5, 0.6) is 0 Å². The molecule has 1 aromatic rings. The number of nitrogens with one attached hydrogen (secondary N) is 2. The number of hydrogen-bond donors (Lipinski definition) is 2. The Morgan fingerprint density at radius 2 is 2.16 bits per heavy atom. The summed E-state index contributed by atoms with van der Waals surface area (Å²) in [6.45, 7) is 5.96. The monoisotopic (exact) mass is 387 g/mol. The molecule has 0 saturated carbocycles. The van der Waals surface area contributed by atoms with E-state index in [1.165, 1.54) is 0 Å². The number of piperidine rings is 1. The molecular formula is C18H25Cl2N2O3+. The number of rotatable bonds is 6. The second-order valence-electron chi connectivity index (χ2n) is 6.43. The molecule has 1 aliphatic heterocycles. The van der Waals surface area contributed by atoms with Crippen molar-refractivity contribution >= 4 is 35.1 Å². The molecule has 5 nitrogen and oxygen atoms in total. The van der Waals surface area contributed by atoms with E-state index in [2.05, 4.69) is 5.32 Å². The molecule has 2 rings (SSSR count). The van der Waals surface area contributed by atoms with Crippen molar-refractivity contribution in [1.82, 2.24) is 5.32 Å². The van der Waals surface area contributed by atoms with E-state index < -0.39 is 0 Å². The van der Waals surface area contributed by atoms with Gasteiger partial charge in [0, 0.05) is 10.0 Å². The molecule has 138 valence electrons. The first-order chi connectivity index (χ1) is 11.9. The van der Waals surface area contributed by atoms with Crippen LogP contribution in [-0.4, -0.2) is 38.1 Å². The molecule has 0 bridgehead atoms. The Morgan fingerprint density at radius 1 is 1.40 bits per heavy atom. The van der Waals surface area contributed by atoms with E-state index in [0.717, 1.165) is 29.8 Å². The number of carbonyl (C=O) groups is 2. The Balaban J connectivity index is 1.87. The molecule has 1 amide bonds. The summed E-state index contributed by atoms with van der Waals surface area (Å²) in [7, 11) is 0. The zero-order valence-corrected chi connectivity index (χ0v) is 16.1. The van der Waals surface area contributed by atoms with Gasteiger partial charge in [-0.15, -0.1) is 0 Å². The molecule has 1 saturated heterocycles. The molecule has 25 heavy (non-hydrogen) atoms. The van der Waals surface area contributed by atoms with Crippen molar-refractivity contribution in [2.75, 3.05) is 26.2 Å². The van der Waals surface area contributed by atoms with Gasteiger partial charge in [-0.25, -0.2) is 0 Å². The first-order valence-corrected chi connectivity index (χ1v) is 9.40. The quantitative estimate of drug-likeness (QED) is 0.734. The lowest BCUT2D eigenvalue weighted by Gasteiger charge is -2.28. The summed E-state index contributed by atoms with van der Waals surface area (Å²) in [6.07, 6.45) is 1.76. The molecule has 3 atom stereocenters. The second kappa shape index (κ2) is 9.41. The second-order valence-corrected chi connectivity index (χ2v) is 7.27. The summed E-state index contributed by atoms with van der Waals surface area (Å²) in [5.74, 6) is -0.320. The molecule has 0 spiro atoms. The number of halogens is 2. The zero-order chi connectivity index (χ0) is 18.4. The van der Waals surface area contributed by atoms with Gasteiger partial charge in [-0.3, -0.25) is 9.59 Å². The van der Waals surface area contributed by atoms with Gasteiger partial charge in [0.1, 0.15) is 5.92 Å². The Hall–Kier alpha value is -1.30. The fraction of sp³-hybridized carbons (Fsp3) is 0.556. The van der Waals surface area contributed by atoms with Gasteiger partial charge in [0.25, 0.3) is 5.91 Å². The van der Waals surface area contributed by atoms with E-state index >= 15 is 0 Å². The summed E-state index contributed by atoms with van der Waals surface area (Å²) in [6, 6.07) is 5.04. The summed E-state index contributed by atoms with van der Waals surface area (Å²) in [5, 5.41) is 4.07. The Labute approximate surface area is 158 Å². The number of ether oxygens (including phenoxy) is 1. The van der Waals surface area contributed by atoms with Crippen molar-refractivity contribution in [1.29, 1.82) is 0 Å². The summed E-state index contributed by atoms with van der Waals surface area (Å²) >= 11 is 12.1. The topological polar surface area (TPSA) is 59.8 Å². The number of carbonyl (C=O) groups excluding carboxylic acids is 2. The van der Waals surface area contributed by atoms with E-state index in [9.17, 15) is 9.59 Å². The van der Waals surface area contributed by atoms with Crippen molar-refractivity contribution in [3.63, 3.8) is 0 Å². The molecule has 7 heteroatoms. The highest BCUT2D eigenvalue weighted by atomic mass is 35.5. The Kier molecular flexibility index (Phi) is 7.54. The Morgan fingerprint density at radius 3 is 2.84 bits per heavy atom. The van der Waals surface area contributed by atoms with Crippen LogP contribution < -0.4 is 10.2 Å². The lowest BCUT2D eigenvalue weighted by molar-refractivity contribution is -0.899. The highest BCUT2D eigenvalue weighted by molar-refractivity contribution is 6.35. The lowest BCUT2D eigenvalue weighted by Crippen LogP contribution is -3.14. The third-order valence-electron chi connectivity index (χ3n) is 4.45. The number of amides is 1. The van der Waals surface area contributed by atoms with Crippen molar-refractivity contribution in [2.24, 2.45) is 5.92 Å². The van der Waals surface area contributed by atoms with Crippen LogP contribution in [0.4, 0.5) is 0 Å². The van der Waals surface area contributed by atoms with Crippen molar-refractivity contribution in [3.05, 3.63) is 33.8 Å². The largest absolute Gasteiger partial charge is 0.466 e. The van der Waals surface area contributed by atoms with Gasteiger partial charge in [0.2, 0.25) is 0 Å². The van der Waals surface area contributed by atoms with Crippen molar-refractivity contribution in [3.8, 4) is 0 Å². The predicted octanol–water partition coefficient (Wildman–Crippen LogP) is 2.03. The minimum Gasteiger partial charge on any atom is -0.466 e. The van der Waals surface area contributed by atoms with Crippen LogP contribution in [0.2, 0.25) is 10.0 Å². The number of benzene rings is 1. The summed E-state index contributed by atoms with van der Waals surface area (Å²) in [5.41, 5.74) is 0.831. The van der Waals surface area contributed by atoms with Gasteiger partial charge in [0.15, 0.2) is 6.54 Å². The molecule has 1 unspecified atom stereocenters. The third-order valence-corrected chi connectivity index (χ3v) is 5.02. The Bertz CT molecular complexity index is 624. The van der Waals surface area contributed by atoms with Crippen LogP contribution in [0.25, 0.3) is 0 Å². The van der Waals surface area contributed by atoms with Gasteiger partial charge in [-0.1, -0.05) is 29.3 Å². The molecule has 1 aliphatic rings. The van der Waals surface area contributed by atoms with Crippen LogP contribution in [0.15, 0.2) is 18.2 Å². The standard InChI is InChI=1S/C18H24Cl2N2O3/c1-3-25-18(24)13-5-4-8-22(10-13)11-17(23)21-12(2)15-7-6-14(19)9-16(15)20/h6-7,9,12-13H,3-5,8,10-11H2,1-2H3,(H,21,23)/p+1/t12-,13-/m0/s1. The van der Waals surface area contributed by atoms with Crippen LogP contribution >= 0.6 is 23.2 Å². The summed E-state index contributed by atoms with van der Waals surface area (Å²) in [4.78, 5) is 25.4. The lowest BCUT2D eigenvalue weighted by atomic mass is 9.98. The van der Waals surface area contributed by atoms with Gasteiger partial charge in [-0.05, 0) is 44.4 Å². The van der Waals surface area contributed by atoms with E-state index in [1.54, 1.807) is 12.1 Å². The molecule has 0 radical (unpaired) electrons. The molecule has 1 fully saturated rings. The highest BCUT2D eigenvalue weighted by Crippen LogP contribution is 2.25.